The summed E-state index contributed by atoms with van der Waals surface area (Å²) in [5.74, 6) is -1.45. The molecule has 43 heavy (non-hydrogen) atoms. The number of aliphatic hydroxyl groups is 1. The van der Waals surface area contributed by atoms with E-state index in [2.05, 4.69) is 10.6 Å². The van der Waals surface area contributed by atoms with Gasteiger partial charge in [0.15, 0.2) is 5.76 Å². The fourth-order valence-electron chi connectivity index (χ4n) is 4.95. The molecule has 0 saturated heterocycles. The predicted octanol–water partition coefficient (Wildman–Crippen LogP) is 4.37. The van der Waals surface area contributed by atoms with E-state index in [-0.39, 0.29) is 36.7 Å². The zero-order valence-electron chi connectivity index (χ0n) is 24.2. The van der Waals surface area contributed by atoms with E-state index in [4.69, 9.17) is 19.9 Å². The van der Waals surface area contributed by atoms with Crippen LogP contribution in [0.4, 0.5) is 11.4 Å². The number of benzene rings is 3. The summed E-state index contributed by atoms with van der Waals surface area (Å²) in [5, 5.41) is 15.2. The predicted molar refractivity (Wildman–Crippen MR) is 162 cm³/mol. The zero-order chi connectivity index (χ0) is 30.8. The normalized spacial score (nSPS) is 17.7. The second-order valence-electron chi connectivity index (χ2n) is 10.1. The van der Waals surface area contributed by atoms with Gasteiger partial charge in [-0.05, 0) is 73.4 Å². The van der Waals surface area contributed by atoms with Crippen molar-refractivity contribution in [3.05, 3.63) is 107 Å². The number of carbonyl (C=O) groups excluding carboxylic acids is 3. The maximum atomic E-state index is 13.3. The number of nitrogens with one attached hydrogen (secondary N) is 2. The lowest BCUT2D eigenvalue weighted by Crippen LogP contribution is -2.39. The van der Waals surface area contributed by atoms with Crippen molar-refractivity contribution in [3.8, 4) is 0 Å². The molecule has 226 valence electrons. The summed E-state index contributed by atoms with van der Waals surface area (Å²) in [4.78, 5) is 37.8. The van der Waals surface area contributed by atoms with E-state index in [9.17, 15) is 19.5 Å². The van der Waals surface area contributed by atoms with E-state index >= 15 is 0 Å². The number of rotatable bonds is 12. The maximum Gasteiger partial charge on any atom is 0.337 e. The number of nitrogen functional groups attached to an aromatic ring is 1. The Morgan fingerprint density at radius 3 is 2.30 bits per heavy atom. The van der Waals surface area contributed by atoms with Gasteiger partial charge >= 0.3 is 5.97 Å². The number of ether oxygens (including phenoxy) is 3. The number of amides is 2. The van der Waals surface area contributed by atoms with Gasteiger partial charge in [0.05, 0.1) is 24.0 Å². The van der Waals surface area contributed by atoms with Crippen molar-refractivity contribution < 1.29 is 33.7 Å². The Bertz CT molecular complexity index is 1440. The van der Waals surface area contributed by atoms with Crippen LogP contribution in [0.3, 0.4) is 0 Å². The first kappa shape index (κ1) is 31.3. The molecule has 3 atom stereocenters. The Morgan fingerprint density at radius 2 is 1.65 bits per heavy atom. The molecule has 1 aliphatic rings. The van der Waals surface area contributed by atoms with E-state index < -0.39 is 18.2 Å². The molecule has 1 heterocycles. The molecule has 4 rings (SSSR count). The monoisotopic (exact) mass is 587 g/mol. The highest BCUT2D eigenvalue weighted by atomic mass is 16.7. The minimum Gasteiger partial charge on any atom is -0.465 e. The average molecular weight is 588 g/mol. The van der Waals surface area contributed by atoms with Gasteiger partial charge in [0.25, 0.3) is 11.8 Å². The quantitative estimate of drug-likeness (QED) is 0.180. The van der Waals surface area contributed by atoms with Crippen LogP contribution in [0.15, 0.2) is 84.6 Å². The Balaban J connectivity index is 1.47. The van der Waals surface area contributed by atoms with E-state index in [1.165, 1.54) is 7.11 Å². The van der Waals surface area contributed by atoms with E-state index in [0.29, 0.717) is 42.0 Å². The number of para-hydroxylation sites is 2. The molecule has 0 radical (unpaired) electrons. The topological polar surface area (TPSA) is 149 Å². The summed E-state index contributed by atoms with van der Waals surface area (Å²) in [6, 6.07) is 20.9. The summed E-state index contributed by atoms with van der Waals surface area (Å²) in [5.41, 5.74) is 9.45. The van der Waals surface area contributed by atoms with E-state index in [0.717, 1.165) is 11.1 Å². The highest BCUT2D eigenvalue weighted by Gasteiger charge is 2.37. The molecular weight excluding hydrogens is 550 g/mol. The molecule has 10 nitrogen and oxygen atoms in total. The Hall–Kier alpha value is -4.67. The van der Waals surface area contributed by atoms with Crippen LogP contribution < -0.4 is 16.4 Å². The molecule has 0 fully saturated rings. The minimum atomic E-state index is -0.705. The van der Waals surface area contributed by atoms with Gasteiger partial charge in [-0.2, -0.15) is 0 Å². The third-order valence-corrected chi connectivity index (χ3v) is 7.23. The Morgan fingerprint density at radius 1 is 0.953 bits per heavy atom. The lowest BCUT2D eigenvalue weighted by Gasteiger charge is -2.37. The van der Waals surface area contributed by atoms with Crippen molar-refractivity contribution in [2.75, 3.05) is 31.4 Å². The van der Waals surface area contributed by atoms with Gasteiger partial charge in [0.1, 0.15) is 0 Å². The molecule has 0 aliphatic carbocycles. The maximum absolute atomic E-state index is 13.3. The molecule has 5 N–H and O–H groups in total. The molecule has 3 aromatic carbocycles. The van der Waals surface area contributed by atoms with Crippen LogP contribution in [0.2, 0.25) is 0 Å². The summed E-state index contributed by atoms with van der Waals surface area (Å²) in [6.45, 7) is 2.45. The molecular formula is C33H37N3O7. The van der Waals surface area contributed by atoms with Crippen LogP contribution in [0.1, 0.15) is 57.5 Å². The molecule has 2 amide bonds. The van der Waals surface area contributed by atoms with Gasteiger partial charge < -0.3 is 35.7 Å². The van der Waals surface area contributed by atoms with Gasteiger partial charge in [-0.25, -0.2) is 4.79 Å². The number of carbonyl (C=O) groups is 3. The number of aliphatic hydroxyl groups excluding tert-OH is 1. The summed E-state index contributed by atoms with van der Waals surface area (Å²) >= 11 is 0. The van der Waals surface area contributed by atoms with Crippen LogP contribution in [-0.4, -0.2) is 49.5 Å². The number of nitrogens with two attached hydrogens (primary N) is 1. The third-order valence-electron chi connectivity index (χ3n) is 7.23. The number of allylic oxidation sites excluding steroid dienone is 1. The molecule has 0 aromatic heterocycles. The Labute approximate surface area is 250 Å². The number of esters is 1. The average Bonchev–Trinajstić information content (AvgIpc) is 3.03. The van der Waals surface area contributed by atoms with Gasteiger partial charge in [-0.1, -0.05) is 36.4 Å². The minimum absolute atomic E-state index is 0.0150. The number of hydrogen-bond donors (Lipinski definition) is 4. The summed E-state index contributed by atoms with van der Waals surface area (Å²) < 4.78 is 16.8. The second-order valence-corrected chi connectivity index (χ2v) is 10.1. The van der Waals surface area contributed by atoms with Crippen molar-refractivity contribution in [1.29, 1.82) is 0 Å². The lowest BCUT2D eigenvalue weighted by atomic mass is 9.80. The van der Waals surface area contributed by atoms with Gasteiger partial charge in [-0.15, -0.1) is 0 Å². The van der Waals surface area contributed by atoms with Crippen molar-refractivity contribution >= 4 is 29.2 Å². The molecule has 1 aliphatic heterocycles. The summed E-state index contributed by atoms with van der Waals surface area (Å²) in [7, 11) is 1.33. The molecule has 0 unspecified atom stereocenters. The zero-order valence-corrected chi connectivity index (χ0v) is 24.2. The van der Waals surface area contributed by atoms with Gasteiger partial charge in [0.2, 0.25) is 6.29 Å². The lowest BCUT2D eigenvalue weighted by molar-refractivity contribution is -0.166. The molecule has 0 saturated carbocycles. The van der Waals surface area contributed by atoms with Crippen molar-refractivity contribution in [3.63, 3.8) is 0 Å². The van der Waals surface area contributed by atoms with Crippen LogP contribution in [0.5, 0.6) is 0 Å². The number of methoxy groups -OCH3 is 1. The first-order valence-electron chi connectivity index (χ1n) is 14.2. The molecule has 3 aromatic rings. The third kappa shape index (κ3) is 8.00. The van der Waals surface area contributed by atoms with Crippen LogP contribution in [-0.2, 0) is 25.5 Å². The largest absolute Gasteiger partial charge is 0.465 e. The van der Waals surface area contributed by atoms with Crippen LogP contribution in [0, 0.1) is 5.92 Å². The summed E-state index contributed by atoms with van der Waals surface area (Å²) in [6.07, 6.45) is 2.20. The number of hydrogen-bond acceptors (Lipinski definition) is 8. The molecule has 10 heteroatoms. The fourth-order valence-corrected chi connectivity index (χ4v) is 4.95. The van der Waals surface area contributed by atoms with Crippen LogP contribution in [0.25, 0.3) is 0 Å². The standard InChI is InChI=1S/C33H37N3O7/c1-3-42-33-25(7-6-18-37)26(22-14-16-24(17-15-22)32(40)41-2)19-29(43-33)31(39)35-20-21-10-12-23(13-11-21)30(38)36-28-9-5-4-8-27(28)34/h4-5,8-17,19,25-26,33,37H,3,6-7,18,20,34H2,1-2H3,(H,35,39)(H,36,38)/t25-,26-,33-/m1/s1. The fraction of sp³-hybridized carbons (Fsp3) is 0.303. The van der Waals surface area contributed by atoms with Crippen molar-refractivity contribution in [1.82, 2.24) is 5.32 Å². The van der Waals surface area contributed by atoms with E-state index in [1.54, 1.807) is 66.7 Å². The smallest absolute Gasteiger partial charge is 0.337 e. The van der Waals surface area contributed by atoms with Crippen LogP contribution >= 0.6 is 0 Å². The van der Waals surface area contributed by atoms with Gasteiger partial charge in [0, 0.05) is 37.2 Å². The van der Waals surface area contributed by atoms with E-state index in [1.807, 2.05) is 19.1 Å². The number of anilines is 2. The SMILES string of the molecule is CCO[C@@H]1OC(C(=O)NCc2ccc(C(=O)Nc3ccccc3N)cc2)=C[C@H](c2ccc(C(=O)OC)cc2)[C@H]1CCCO. The first-order chi connectivity index (χ1) is 20.8. The first-order valence-corrected chi connectivity index (χ1v) is 14.2. The van der Waals surface area contributed by atoms with Crippen molar-refractivity contribution in [2.24, 2.45) is 5.92 Å². The van der Waals surface area contributed by atoms with Crippen molar-refractivity contribution in [2.45, 2.75) is 38.5 Å². The highest BCUT2D eigenvalue weighted by molar-refractivity contribution is 6.05. The molecule has 0 spiro atoms. The van der Waals surface area contributed by atoms with Gasteiger partial charge in [-0.3, -0.25) is 9.59 Å². The highest BCUT2D eigenvalue weighted by Crippen LogP contribution is 2.39. The Kier molecular flexibility index (Phi) is 10.9. The molecule has 0 bridgehead atoms. The second kappa shape index (κ2) is 15.0.